The molecule has 1 atom stereocenters. The second kappa shape index (κ2) is 12.9. The zero-order valence-electron chi connectivity index (χ0n) is 20.2. The fourth-order valence-electron chi connectivity index (χ4n) is 3.63. The first-order valence-electron chi connectivity index (χ1n) is 12.0. The van der Waals surface area contributed by atoms with Crippen LogP contribution in [0.1, 0.15) is 22.3 Å². The predicted octanol–water partition coefficient (Wildman–Crippen LogP) is 1.07. The molecule has 194 valence electrons. The van der Waals surface area contributed by atoms with Gasteiger partial charge in [0, 0.05) is 25.0 Å². The van der Waals surface area contributed by atoms with E-state index in [1.54, 1.807) is 24.4 Å². The summed E-state index contributed by atoms with van der Waals surface area (Å²) in [5.74, 6) is -0.379. The van der Waals surface area contributed by atoms with Gasteiger partial charge in [-0.2, -0.15) is 5.10 Å². The van der Waals surface area contributed by atoms with E-state index in [0.29, 0.717) is 29.4 Å². The lowest BCUT2D eigenvalue weighted by molar-refractivity contribution is -0.145. The largest absolute Gasteiger partial charge is 0.464 e. The van der Waals surface area contributed by atoms with Gasteiger partial charge in [-0.05, 0) is 24.1 Å². The van der Waals surface area contributed by atoms with Crippen LogP contribution in [0, 0.1) is 0 Å². The predicted molar refractivity (Wildman–Crippen MR) is 136 cm³/mol. The standard InChI is InChI=1S/C25H29N7O5/c33-22(18-8-4-9-20-19(18)14-30-32-20)29-15-21(31-25(35)37-16-17-6-2-1-3-7-17)23(34)36-13-5-10-26-24-27-11-12-28-24/h1-4,6-9,14,21H,5,10-13,15-16H2,(H,29,33)(H,30,32)(H,31,35)(H2,26,27,28). The molecule has 2 aromatic carbocycles. The Morgan fingerprint density at radius 1 is 1.05 bits per heavy atom. The number of alkyl carbamates (subject to hydrolysis) is 1. The van der Waals surface area contributed by atoms with Gasteiger partial charge in [0.05, 0.1) is 30.4 Å². The number of aliphatic imine (C=N–C) groups is 1. The normalized spacial score (nSPS) is 13.2. The lowest BCUT2D eigenvalue weighted by Crippen LogP contribution is -2.49. The molecular weight excluding hydrogens is 478 g/mol. The molecule has 2 heterocycles. The second-order valence-corrected chi connectivity index (χ2v) is 8.21. The average molecular weight is 508 g/mol. The van der Waals surface area contributed by atoms with Crippen molar-refractivity contribution in [1.29, 1.82) is 0 Å². The van der Waals surface area contributed by atoms with Gasteiger partial charge in [0.25, 0.3) is 5.91 Å². The molecule has 0 spiro atoms. The highest BCUT2D eigenvalue weighted by Gasteiger charge is 2.24. The van der Waals surface area contributed by atoms with Crippen LogP contribution in [0.3, 0.4) is 0 Å². The van der Waals surface area contributed by atoms with Crippen LogP contribution in [0.2, 0.25) is 0 Å². The number of fused-ring (bicyclic) bond motifs is 1. The minimum atomic E-state index is -1.15. The van der Waals surface area contributed by atoms with Gasteiger partial charge in [-0.15, -0.1) is 0 Å². The molecule has 12 nitrogen and oxygen atoms in total. The van der Waals surface area contributed by atoms with Crippen molar-refractivity contribution in [2.45, 2.75) is 19.1 Å². The zero-order valence-corrected chi connectivity index (χ0v) is 20.2. The zero-order chi connectivity index (χ0) is 25.9. The van der Waals surface area contributed by atoms with Crippen LogP contribution in [-0.2, 0) is 20.9 Å². The SMILES string of the molecule is O=C(NC(CNC(=O)c1cccc2[nH]ncc12)C(=O)OCCCNC1=NCCN1)OCc1ccccc1. The lowest BCUT2D eigenvalue weighted by atomic mass is 10.1. The molecule has 3 aromatic rings. The summed E-state index contributed by atoms with van der Waals surface area (Å²) < 4.78 is 10.6. The highest BCUT2D eigenvalue weighted by Crippen LogP contribution is 2.15. The molecule has 0 bridgehead atoms. The number of carbonyl (C=O) groups excluding carboxylic acids is 3. The minimum Gasteiger partial charge on any atom is -0.464 e. The van der Waals surface area contributed by atoms with Crippen molar-refractivity contribution in [3.63, 3.8) is 0 Å². The van der Waals surface area contributed by atoms with Crippen molar-refractivity contribution in [3.8, 4) is 0 Å². The number of benzene rings is 2. The van der Waals surface area contributed by atoms with Crippen LogP contribution >= 0.6 is 0 Å². The Bertz CT molecular complexity index is 1240. The monoisotopic (exact) mass is 507 g/mol. The minimum absolute atomic E-state index is 0.0346. The van der Waals surface area contributed by atoms with E-state index in [2.05, 4.69) is 36.5 Å². The number of aromatic nitrogens is 2. The van der Waals surface area contributed by atoms with Crippen LogP contribution in [0.5, 0.6) is 0 Å². The number of esters is 1. The molecule has 1 aliphatic rings. The van der Waals surface area contributed by atoms with Gasteiger partial charge in [0.1, 0.15) is 12.6 Å². The summed E-state index contributed by atoms with van der Waals surface area (Å²) in [6.45, 7) is 2.05. The summed E-state index contributed by atoms with van der Waals surface area (Å²) >= 11 is 0. The van der Waals surface area contributed by atoms with Crippen LogP contribution in [-0.4, -0.2) is 73.0 Å². The van der Waals surface area contributed by atoms with Crippen molar-refractivity contribution in [1.82, 2.24) is 31.5 Å². The third-order valence-corrected chi connectivity index (χ3v) is 5.52. The van der Waals surface area contributed by atoms with E-state index in [0.717, 1.165) is 24.6 Å². The maximum absolute atomic E-state index is 12.8. The number of hydrogen-bond donors (Lipinski definition) is 5. The molecule has 1 unspecified atom stereocenters. The molecule has 0 saturated heterocycles. The number of nitrogens with one attached hydrogen (secondary N) is 5. The Balaban J connectivity index is 1.31. The van der Waals surface area contributed by atoms with E-state index < -0.39 is 24.0 Å². The number of ether oxygens (including phenoxy) is 2. The molecule has 37 heavy (non-hydrogen) atoms. The molecule has 4 rings (SSSR count). The van der Waals surface area contributed by atoms with Crippen LogP contribution in [0.25, 0.3) is 10.9 Å². The van der Waals surface area contributed by atoms with Gasteiger partial charge < -0.3 is 30.7 Å². The first-order valence-corrected chi connectivity index (χ1v) is 12.0. The van der Waals surface area contributed by atoms with Crippen LogP contribution in [0.15, 0.2) is 59.7 Å². The van der Waals surface area contributed by atoms with Crippen molar-refractivity contribution < 1.29 is 23.9 Å². The molecule has 12 heteroatoms. The van der Waals surface area contributed by atoms with Gasteiger partial charge in [-0.1, -0.05) is 36.4 Å². The fourth-order valence-corrected chi connectivity index (χ4v) is 3.63. The quantitative estimate of drug-likeness (QED) is 0.190. The molecule has 0 radical (unpaired) electrons. The topological polar surface area (TPSA) is 159 Å². The van der Waals surface area contributed by atoms with Gasteiger partial charge in [-0.25, -0.2) is 9.59 Å². The number of nitrogens with zero attached hydrogens (tertiary/aromatic N) is 2. The third-order valence-electron chi connectivity index (χ3n) is 5.52. The molecule has 0 aliphatic carbocycles. The maximum Gasteiger partial charge on any atom is 0.408 e. The number of hydrogen-bond acceptors (Lipinski definition) is 9. The van der Waals surface area contributed by atoms with Gasteiger partial charge in [-0.3, -0.25) is 14.9 Å². The van der Waals surface area contributed by atoms with Crippen molar-refractivity contribution >= 4 is 34.8 Å². The van der Waals surface area contributed by atoms with Gasteiger partial charge in [0.2, 0.25) is 0 Å². The number of carbonyl (C=O) groups is 3. The Kier molecular flexibility index (Phi) is 8.89. The molecular formula is C25H29N7O5. The van der Waals surface area contributed by atoms with Gasteiger partial charge in [0.15, 0.2) is 5.96 Å². The number of rotatable bonds is 11. The highest BCUT2D eigenvalue weighted by molar-refractivity contribution is 6.06. The number of aromatic amines is 1. The number of guanidine groups is 1. The average Bonchev–Trinajstić information content (AvgIpc) is 3.62. The van der Waals surface area contributed by atoms with E-state index in [9.17, 15) is 14.4 Å². The van der Waals surface area contributed by atoms with Crippen molar-refractivity contribution in [3.05, 3.63) is 65.9 Å². The first-order chi connectivity index (χ1) is 18.1. The Morgan fingerprint density at radius 3 is 2.73 bits per heavy atom. The maximum atomic E-state index is 12.8. The van der Waals surface area contributed by atoms with Gasteiger partial charge >= 0.3 is 12.1 Å². The fraction of sp³-hybridized carbons (Fsp3) is 0.320. The van der Waals surface area contributed by atoms with Crippen molar-refractivity contribution in [2.75, 3.05) is 32.8 Å². The van der Waals surface area contributed by atoms with E-state index >= 15 is 0 Å². The number of H-pyrrole nitrogens is 1. The molecule has 5 N–H and O–H groups in total. The second-order valence-electron chi connectivity index (χ2n) is 8.21. The van der Waals surface area contributed by atoms with Crippen LogP contribution in [0.4, 0.5) is 4.79 Å². The summed E-state index contributed by atoms with van der Waals surface area (Å²) in [6, 6.07) is 13.2. The summed E-state index contributed by atoms with van der Waals surface area (Å²) in [7, 11) is 0. The highest BCUT2D eigenvalue weighted by atomic mass is 16.6. The summed E-state index contributed by atoms with van der Waals surface area (Å²) in [6.07, 6.45) is 1.28. The molecule has 0 saturated carbocycles. The van der Waals surface area contributed by atoms with E-state index in [1.807, 2.05) is 30.3 Å². The van der Waals surface area contributed by atoms with E-state index in [4.69, 9.17) is 9.47 Å². The molecule has 2 amide bonds. The van der Waals surface area contributed by atoms with Crippen molar-refractivity contribution in [2.24, 2.45) is 4.99 Å². The first kappa shape index (κ1) is 25.5. The molecule has 0 fully saturated rings. The molecule has 1 aliphatic heterocycles. The summed E-state index contributed by atoms with van der Waals surface area (Å²) in [5.41, 5.74) is 1.89. The smallest absolute Gasteiger partial charge is 0.408 e. The number of amides is 2. The third kappa shape index (κ3) is 7.43. The Labute approximate surface area is 213 Å². The summed E-state index contributed by atoms with van der Waals surface area (Å²) in [4.78, 5) is 42.3. The Hall–Kier alpha value is -4.61. The lowest BCUT2D eigenvalue weighted by Gasteiger charge is -2.18. The Morgan fingerprint density at radius 2 is 1.92 bits per heavy atom. The molecule has 1 aromatic heterocycles. The summed E-state index contributed by atoms with van der Waals surface area (Å²) in [5, 5.41) is 18.8. The van der Waals surface area contributed by atoms with E-state index in [-0.39, 0.29) is 19.8 Å². The van der Waals surface area contributed by atoms with Crippen LogP contribution < -0.4 is 21.3 Å². The van der Waals surface area contributed by atoms with E-state index in [1.165, 1.54) is 0 Å².